The molecule has 0 heterocycles. The number of nitrogens with zero attached hydrogens (tertiary/aromatic N) is 3. The van der Waals surface area contributed by atoms with Crippen molar-refractivity contribution in [1.82, 2.24) is 0 Å². The van der Waals surface area contributed by atoms with E-state index in [4.69, 9.17) is 56.2 Å². The van der Waals surface area contributed by atoms with Gasteiger partial charge in [-0.2, -0.15) is 0 Å². The van der Waals surface area contributed by atoms with Gasteiger partial charge < -0.3 is 56.2 Å². The van der Waals surface area contributed by atoms with Crippen molar-refractivity contribution < 1.29 is 52.4 Å². The van der Waals surface area contributed by atoms with Crippen LogP contribution in [0.1, 0.15) is 0 Å². The molecule has 0 saturated heterocycles. The Labute approximate surface area is 123 Å². The fourth-order valence-electron chi connectivity index (χ4n) is 0.143. The minimum atomic E-state index is -1.75. The number of aliphatic carboxylic acids is 2. The average Bonchev–Trinajstić information content (AvgIpc) is 2.11. The Kier molecular flexibility index (Phi) is 32.2. The summed E-state index contributed by atoms with van der Waals surface area (Å²) in [4.78, 5) is 43.9. The summed E-state index contributed by atoms with van der Waals surface area (Å²) in [5.74, 6) is -2.51. The van der Waals surface area contributed by atoms with E-state index in [0.717, 1.165) is 0 Å². The number of hydrogen-bond acceptors (Lipinski definition) is 11. The maximum absolute atomic E-state index is 9.55. The molecule has 0 spiro atoms. The van der Waals surface area contributed by atoms with E-state index in [0.29, 0.717) is 12.2 Å². The molecule has 1 radical (unpaired) electrons. The maximum atomic E-state index is 9.55. The summed E-state index contributed by atoms with van der Waals surface area (Å²) in [5, 5.41) is 59.9. The van der Waals surface area contributed by atoms with E-state index >= 15 is 0 Å². The first-order valence-electron chi connectivity index (χ1n) is 3.41. The number of rotatable bonds is 2. The SMILES string of the molecule is O=C(O)C=CC(=O)O.O=[N+]([O-])[O-].O=[N+]([O-])[O-].O=[N+]([O-])[O-].[Cr+3]. The second-order valence-electron chi connectivity index (χ2n) is 1.68. The molecule has 21 heavy (non-hydrogen) atoms. The van der Waals surface area contributed by atoms with Gasteiger partial charge in [0.25, 0.3) is 0 Å². The van der Waals surface area contributed by atoms with Crippen LogP contribution >= 0.6 is 0 Å². The van der Waals surface area contributed by atoms with Gasteiger partial charge in [0.1, 0.15) is 0 Å². The van der Waals surface area contributed by atoms with E-state index in [9.17, 15) is 9.59 Å². The molecule has 0 rings (SSSR count). The van der Waals surface area contributed by atoms with Crippen LogP contribution in [0.5, 0.6) is 0 Å². The Morgan fingerprint density at radius 3 is 0.810 bits per heavy atom. The predicted octanol–water partition coefficient (Wildman–Crippen LogP) is -1.01. The van der Waals surface area contributed by atoms with Crippen molar-refractivity contribution in [3.63, 3.8) is 0 Å². The van der Waals surface area contributed by atoms with E-state index in [2.05, 4.69) is 0 Å². The van der Waals surface area contributed by atoms with Crippen LogP contribution in [0.4, 0.5) is 0 Å². The first kappa shape index (κ1) is 30.7. The van der Waals surface area contributed by atoms with Crippen molar-refractivity contribution in [1.29, 1.82) is 0 Å². The fraction of sp³-hybridized carbons (Fsp3) is 0. The second-order valence-corrected chi connectivity index (χ2v) is 1.68. The van der Waals surface area contributed by atoms with E-state index in [1.165, 1.54) is 0 Å². The Balaban J connectivity index is -0.0000000570. The topological polar surface area (TPSA) is 273 Å². The van der Waals surface area contributed by atoms with Gasteiger partial charge in [-0.25, -0.2) is 9.59 Å². The molecule has 0 unspecified atom stereocenters. The first-order chi connectivity index (χ1) is 8.82. The van der Waals surface area contributed by atoms with Gasteiger partial charge in [0.2, 0.25) is 0 Å². The van der Waals surface area contributed by atoms with Gasteiger partial charge in [0.15, 0.2) is 0 Å². The first-order valence-corrected chi connectivity index (χ1v) is 3.41. The standard InChI is InChI=1S/C4H4O4.Cr.3NO3/c5-3(6)1-2-4(7)8;;3*2-1(3)4/h1-2H,(H,5,6)(H,7,8);;;;/q;+3;3*-1. The van der Waals surface area contributed by atoms with Crippen LogP contribution in [0, 0.1) is 46.0 Å². The zero-order valence-electron chi connectivity index (χ0n) is 9.29. The predicted molar refractivity (Wildman–Crippen MR) is 55.5 cm³/mol. The Bertz CT molecular complexity index is 310. The summed E-state index contributed by atoms with van der Waals surface area (Å²) in [6.45, 7) is 0. The van der Waals surface area contributed by atoms with Crippen LogP contribution in [-0.2, 0) is 27.0 Å². The van der Waals surface area contributed by atoms with E-state index in [-0.39, 0.29) is 17.4 Å². The third-order valence-corrected chi connectivity index (χ3v) is 0.368. The van der Waals surface area contributed by atoms with Crippen molar-refractivity contribution in [2.24, 2.45) is 0 Å². The molecule has 0 saturated carbocycles. The van der Waals surface area contributed by atoms with Crippen LogP contribution in [0.15, 0.2) is 12.2 Å². The van der Waals surface area contributed by atoms with Gasteiger partial charge in [0.05, 0.1) is 15.3 Å². The smallest absolute Gasteiger partial charge is 0.478 e. The summed E-state index contributed by atoms with van der Waals surface area (Å²) in [5.41, 5.74) is 0. The molecular formula is C4H4CrN3O13. The molecule has 16 nitrogen and oxygen atoms in total. The molecule has 0 aliphatic heterocycles. The van der Waals surface area contributed by atoms with Crippen molar-refractivity contribution in [2.75, 3.05) is 0 Å². The number of carbonyl (C=O) groups is 2. The molecule has 0 bridgehead atoms. The monoisotopic (exact) mass is 354 g/mol. The van der Waals surface area contributed by atoms with Crippen molar-refractivity contribution >= 4 is 11.9 Å². The molecule has 0 aromatic rings. The minimum Gasteiger partial charge on any atom is -0.478 e. The Hall–Kier alpha value is -3.19. The zero-order valence-corrected chi connectivity index (χ0v) is 10.6. The van der Waals surface area contributed by atoms with Crippen LogP contribution in [0.25, 0.3) is 0 Å². The summed E-state index contributed by atoms with van der Waals surface area (Å²) in [7, 11) is 0. The van der Waals surface area contributed by atoms with Gasteiger partial charge in [-0.3, -0.25) is 0 Å². The van der Waals surface area contributed by atoms with Gasteiger partial charge in [-0.15, -0.1) is 0 Å². The fourth-order valence-corrected chi connectivity index (χ4v) is 0.143. The summed E-state index contributed by atoms with van der Waals surface area (Å²) in [6, 6.07) is 0. The average molecular weight is 354 g/mol. The molecule has 0 aliphatic carbocycles. The maximum Gasteiger partial charge on any atom is 3.00 e. The molecule has 17 heteroatoms. The number of hydrogen-bond donors (Lipinski definition) is 2. The largest absolute Gasteiger partial charge is 3.00 e. The normalized spacial score (nSPS) is 7.05. The van der Waals surface area contributed by atoms with Crippen LogP contribution in [0.3, 0.4) is 0 Å². The molecule has 2 N–H and O–H groups in total. The molecule has 0 amide bonds. The number of carboxylic acids is 2. The van der Waals surface area contributed by atoms with Crippen molar-refractivity contribution in [3.05, 3.63) is 58.1 Å². The van der Waals surface area contributed by atoms with Crippen molar-refractivity contribution in [3.8, 4) is 0 Å². The Morgan fingerprint density at radius 2 is 0.762 bits per heavy atom. The quantitative estimate of drug-likeness (QED) is 0.342. The second kappa shape index (κ2) is 22.0. The molecule has 0 atom stereocenters. The molecule has 0 aromatic heterocycles. The van der Waals surface area contributed by atoms with Crippen molar-refractivity contribution in [2.45, 2.75) is 0 Å². The molecule has 0 aromatic carbocycles. The van der Waals surface area contributed by atoms with E-state index < -0.39 is 27.2 Å². The van der Waals surface area contributed by atoms with E-state index in [1.807, 2.05) is 0 Å². The zero-order chi connectivity index (χ0) is 17.3. The van der Waals surface area contributed by atoms with Crippen LogP contribution in [0.2, 0.25) is 0 Å². The number of carboxylic acid groups (broad SMARTS) is 2. The Morgan fingerprint density at radius 1 is 0.667 bits per heavy atom. The van der Waals surface area contributed by atoms with Gasteiger partial charge in [-0.1, -0.05) is 0 Å². The molecular weight excluding hydrogens is 350 g/mol. The summed E-state index contributed by atoms with van der Waals surface area (Å²) < 4.78 is 0. The summed E-state index contributed by atoms with van der Waals surface area (Å²) in [6.07, 6.45) is 1.12. The third kappa shape index (κ3) is 1120. The summed E-state index contributed by atoms with van der Waals surface area (Å²) >= 11 is 0. The van der Waals surface area contributed by atoms with Crippen LogP contribution in [-0.4, -0.2) is 37.4 Å². The van der Waals surface area contributed by atoms with Gasteiger partial charge >= 0.3 is 29.3 Å². The van der Waals surface area contributed by atoms with E-state index in [1.54, 1.807) is 0 Å². The van der Waals surface area contributed by atoms with Gasteiger partial charge in [-0.05, 0) is 0 Å². The molecule has 119 valence electrons. The molecule has 0 aliphatic rings. The van der Waals surface area contributed by atoms with Crippen LogP contribution < -0.4 is 0 Å². The minimum absolute atomic E-state index is 0. The van der Waals surface area contributed by atoms with Gasteiger partial charge in [0, 0.05) is 12.2 Å². The molecule has 0 fully saturated rings. The third-order valence-electron chi connectivity index (χ3n) is 0.368.